The van der Waals surface area contributed by atoms with E-state index in [0.29, 0.717) is 6.04 Å². The van der Waals surface area contributed by atoms with Crippen molar-refractivity contribution in [3.05, 3.63) is 60.2 Å². The van der Waals surface area contributed by atoms with Crippen molar-refractivity contribution in [1.29, 1.82) is 0 Å². The van der Waals surface area contributed by atoms with E-state index in [1.165, 1.54) is 12.8 Å². The summed E-state index contributed by atoms with van der Waals surface area (Å²) in [6, 6.07) is 18.5. The molecule has 2 N–H and O–H groups in total. The lowest BCUT2D eigenvalue weighted by Crippen LogP contribution is -2.38. The summed E-state index contributed by atoms with van der Waals surface area (Å²) in [6.07, 6.45) is 2.47. The highest BCUT2D eigenvalue weighted by Gasteiger charge is 2.21. The lowest BCUT2D eigenvalue weighted by molar-refractivity contribution is 0.482. The molecule has 0 spiro atoms. The maximum Gasteiger partial charge on any atom is 0.191 e. The zero-order chi connectivity index (χ0) is 15.2. The monoisotopic (exact) mass is 423 g/mol. The predicted molar refractivity (Wildman–Crippen MR) is 105 cm³/mol. The average Bonchev–Trinajstić information content (AvgIpc) is 3.37. The fourth-order valence-corrected chi connectivity index (χ4v) is 2.15. The first-order valence-electron chi connectivity index (χ1n) is 7.62. The van der Waals surface area contributed by atoms with Crippen LogP contribution in [0.4, 0.5) is 0 Å². The highest BCUT2D eigenvalue weighted by atomic mass is 127. The van der Waals surface area contributed by atoms with Gasteiger partial charge in [-0.05, 0) is 42.7 Å². The number of guanidine groups is 1. The Hall–Kier alpha value is -1.76. The third kappa shape index (κ3) is 5.74. The van der Waals surface area contributed by atoms with Crippen molar-refractivity contribution >= 4 is 29.9 Å². The van der Waals surface area contributed by atoms with Crippen LogP contribution in [0.25, 0.3) is 0 Å². The summed E-state index contributed by atoms with van der Waals surface area (Å²) in [4.78, 5) is 4.24. The Labute approximate surface area is 154 Å². The van der Waals surface area contributed by atoms with Crippen molar-refractivity contribution < 1.29 is 4.74 Å². The number of hydrogen-bond donors (Lipinski definition) is 2. The number of para-hydroxylation sites is 1. The van der Waals surface area contributed by atoms with Gasteiger partial charge in [0.1, 0.15) is 11.5 Å². The molecule has 1 aliphatic rings. The van der Waals surface area contributed by atoms with E-state index in [0.717, 1.165) is 29.6 Å². The van der Waals surface area contributed by atoms with Crippen LogP contribution in [0, 0.1) is 0 Å². The predicted octanol–water partition coefficient (Wildman–Crippen LogP) is 3.92. The number of nitrogens with one attached hydrogen (secondary N) is 2. The van der Waals surface area contributed by atoms with Crippen molar-refractivity contribution in [3.63, 3.8) is 0 Å². The van der Waals surface area contributed by atoms with Crippen molar-refractivity contribution in [2.45, 2.75) is 25.4 Å². The van der Waals surface area contributed by atoms with Crippen LogP contribution < -0.4 is 15.4 Å². The SMILES string of the molecule is CN=C(NCc1cccc(Oc2ccccc2)c1)NC1CC1.I. The van der Waals surface area contributed by atoms with Crippen LogP contribution in [0.1, 0.15) is 18.4 Å². The standard InChI is InChI=1S/C18H21N3O.HI/c1-19-18(21-15-10-11-15)20-13-14-6-5-9-17(12-14)22-16-7-3-2-4-8-16;/h2-9,12,15H,10-11,13H2,1H3,(H2,19,20,21);1H. The maximum absolute atomic E-state index is 5.85. The van der Waals surface area contributed by atoms with E-state index in [2.05, 4.69) is 21.7 Å². The molecule has 0 radical (unpaired) electrons. The summed E-state index contributed by atoms with van der Waals surface area (Å²) < 4.78 is 5.85. The van der Waals surface area contributed by atoms with E-state index in [1.807, 2.05) is 48.5 Å². The summed E-state index contributed by atoms with van der Waals surface area (Å²) in [7, 11) is 1.80. The Kier molecular flexibility index (Phi) is 6.70. The van der Waals surface area contributed by atoms with Gasteiger partial charge >= 0.3 is 0 Å². The van der Waals surface area contributed by atoms with Gasteiger partial charge in [0.05, 0.1) is 0 Å². The topological polar surface area (TPSA) is 45.7 Å². The minimum absolute atomic E-state index is 0. The third-order valence-corrected chi connectivity index (χ3v) is 3.48. The van der Waals surface area contributed by atoms with Crippen LogP contribution in [-0.2, 0) is 6.54 Å². The molecule has 3 rings (SSSR count). The highest BCUT2D eigenvalue weighted by Crippen LogP contribution is 2.22. The van der Waals surface area contributed by atoms with E-state index < -0.39 is 0 Å². The van der Waals surface area contributed by atoms with Gasteiger partial charge in [0, 0.05) is 19.6 Å². The minimum atomic E-state index is 0. The Morgan fingerprint density at radius 2 is 1.83 bits per heavy atom. The average molecular weight is 423 g/mol. The first kappa shape index (κ1) is 17.6. The summed E-state index contributed by atoms with van der Waals surface area (Å²) in [5, 5.41) is 6.70. The lowest BCUT2D eigenvalue weighted by Gasteiger charge is -2.12. The van der Waals surface area contributed by atoms with Crippen molar-refractivity contribution in [2.75, 3.05) is 7.05 Å². The van der Waals surface area contributed by atoms with Gasteiger partial charge in [0.15, 0.2) is 5.96 Å². The second-order valence-electron chi connectivity index (χ2n) is 5.41. The van der Waals surface area contributed by atoms with Gasteiger partial charge in [-0.1, -0.05) is 30.3 Å². The van der Waals surface area contributed by atoms with E-state index in [4.69, 9.17) is 4.74 Å². The molecule has 0 unspecified atom stereocenters. The van der Waals surface area contributed by atoms with Gasteiger partial charge < -0.3 is 15.4 Å². The van der Waals surface area contributed by atoms with Crippen LogP contribution in [-0.4, -0.2) is 19.0 Å². The normalized spacial score (nSPS) is 13.9. The molecule has 5 heteroatoms. The van der Waals surface area contributed by atoms with E-state index in [1.54, 1.807) is 7.05 Å². The molecule has 0 bridgehead atoms. The molecule has 0 atom stereocenters. The Bertz CT molecular complexity index is 642. The number of benzene rings is 2. The van der Waals surface area contributed by atoms with Crippen molar-refractivity contribution in [3.8, 4) is 11.5 Å². The molecule has 0 amide bonds. The Balaban J connectivity index is 0.00000192. The van der Waals surface area contributed by atoms with E-state index >= 15 is 0 Å². The summed E-state index contributed by atoms with van der Waals surface area (Å²) >= 11 is 0. The van der Waals surface area contributed by atoms with Gasteiger partial charge in [-0.15, -0.1) is 24.0 Å². The third-order valence-electron chi connectivity index (χ3n) is 3.48. The summed E-state index contributed by atoms with van der Waals surface area (Å²) in [6.45, 7) is 0.721. The van der Waals surface area contributed by atoms with Crippen molar-refractivity contribution in [2.24, 2.45) is 4.99 Å². The quantitative estimate of drug-likeness (QED) is 0.435. The van der Waals surface area contributed by atoms with Crippen molar-refractivity contribution in [1.82, 2.24) is 10.6 Å². The van der Waals surface area contributed by atoms with Crippen LogP contribution in [0.3, 0.4) is 0 Å². The van der Waals surface area contributed by atoms with Crippen LogP contribution in [0.15, 0.2) is 59.6 Å². The lowest BCUT2D eigenvalue weighted by atomic mass is 10.2. The van der Waals surface area contributed by atoms with Gasteiger partial charge in [-0.3, -0.25) is 4.99 Å². The molecule has 23 heavy (non-hydrogen) atoms. The number of nitrogens with zero attached hydrogens (tertiary/aromatic N) is 1. The summed E-state index contributed by atoms with van der Waals surface area (Å²) in [5.41, 5.74) is 1.16. The molecule has 0 aromatic heterocycles. The minimum Gasteiger partial charge on any atom is -0.457 e. The zero-order valence-electron chi connectivity index (χ0n) is 13.2. The highest BCUT2D eigenvalue weighted by molar-refractivity contribution is 14.0. The fraction of sp³-hybridized carbons (Fsp3) is 0.278. The Morgan fingerprint density at radius 3 is 2.52 bits per heavy atom. The largest absolute Gasteiger partial charge is 0.457 e. The number of aliphatic imine (C=N–C) groups is 1. The molecule has 2 aromatic rings. The fourth-order valence-electron chi connectivity index (χ4n) is 2.15. The number of rotatable bonds is 5. The first-order valence-corrected chi connectivity index (χ1v) is 7.62. The molecule has 0 heterocycles. The first-order chi connectivity index (χ1) is 10.8. The molecular formula is C18H22IN3O. The smallest absolute Gasteiger partial charge is 0.191 e. The second-order valence-corrected chi connectivity index (χ2v) is 5.41. The number of ether oxygens (including phenoxy) is 1. The Morgan fingerprint density at radius 1 is 1.09 bits per heavy atom. The molecular weight excluding hydrogens is 401 g/mol. The zero-order valence-corrected chi connectivity index (χ0v) is 15.5. The van der Waals surface area contributed by atoms with E-state index in [9.17, 15) is 0 Å². The van der Waals surface area contributed by atoms with E-state index in [-0.39, 0.29) is 24.0 Å². The number of halogens is 1. The molecule has 1 fully saturated rings. The number of hydrogen-bond acceptors (Lipinski definition) is 2. The molecule has 1 saturated carbocycles. The van der Waals surface area contributed by atoms with Gasteiger partial charge in [-0.2, -0.15) is 0 Å². The molecule has 0 aliphatic heterocycles. The van der Waals surface area contributed by atoms with Gasteiger partial charge in [0.25, 0.3) is 0 Å². The molecule has 4 nitrogen and oxygen atoms in total. The molecule has 0 saturated heterocycles. The van der Waals surface area contributed by atoms with Gasteiger partial charge in [-0.25, -0.2) is 0 Å². The van der Waals surface area contributed by atoms with Crippen LogP contribution in [0.2, 0.25) is 0 Å². The van der Waals surface area contributed by atoms with Crippen LogP contribution >= 0.6 is 24.0 Å². The molecule has 122 valence electrons. The van der Waals surface area contributed by atoms with Gasteiger partial charge in [0.2, 0.25) is 0 Å². The maximum atomic E-state index is 5.85. The molecule has 2 aromatic carbocycles. The van der Waals surface area contributed by atoms with Crippen LogP contribution in [0.5, 0.6) is 11.5 Å². The molecule has 1 aliphatic carbocycles. The second kappa shape index (κ2) is 8.76. The summed E-state index contributed by atoms with van der Waals surface area (Å²) in [5.74, 6) is 2.55.